The van der Waals surface area contributed by atoms with E-state index >= 15 is 0 Å². The third kappa shape index (κ3) is 5.78. The van der Waals surface area contributed by atoms with Gasteiger partial charge in [-0.2, -0.15) is 5.10 Å². The molecular weight excluding hydrogens is 543 g/mol. The standard InChI is InChI=1S/C31H31FN4O4S/c1-4-16-33-26(37)18-35-27(38)19-41-30(24-17-23(39-2)14-15-25(24)40-3)28-29(20-8-6-5-7-9-20)34-36(31(28)35)22-12-10-21(32)11-13-22/h5-15,17,30H,4,16,18-19H2,1-3H3,(H,33,37)/t30-/m0/s1. The van der Waals surface area contributed by atoms with Crippen LogP contribution in [0.15, 0.2) is 72.8 Å². The van der Waals surface area contributed by atoms with Crippen LogP contribution in [0.5, 0.6) is 11.5 Å². The molecule has 5 rings (SSSR count). The van der Waals surface area contributed by atoms with Crippen LogP contribution in [0.3, 0.4) is 0 Å². The molecule has 10 heteroatoms. The van der Waals surface area contributed by atoms with E-state index in [1.807, 2.05) is 55.5 Å². The summed E-state index contributed by atoms with van der Waals surface area (Å²) in [6, 6.07) is 21.1. The number of aromatic nitrogens is 2. The van der Waals surface area contributed by atoms with Gasteiger partial charge >= 0.3 is 0 Å². The van der Waals surface area contributed by atoms with E-state index < -0.39 is 11.1 Å². The SMILES string of the molecule is CCCNC(=O)CN1C(=O)CS[C@@H](c2cc(OC)ccc2OC)c2c(-c3ccccc3)nn(-c3ccc(F)cc3)c21. The average molecular weight is 575 g/mol. The van der Waals surface area contributed by atoms with Gasteiger partial charge in [0, 0.05) is 23.2 Å². The lowest BCUT2D eigenvalue weighted by atomic mass is 9.98. The molecule has 0 spiro atoms. The Morgan fingerprint density at radius 1 is 1.07 bits per heavy atom. The number of benzene rings is 3. The molecule has 1 N–H and O–H groups in total. The van der Waals surface area contributed by atoms with E-state index in [1.165, 1.54) is 28.8 Å². The van der Waals surface area contributed by atoms with Crippen LogP contribution in [0, 0.1) is 5.82 Å². The highest BCUT2D eigenvalue weighted by molar-refractivity contribution is 8.00. The molecule has 3 aromatic carbocycles. The molecule has 41 heavy (non-hydrogen) atoms. The summed E-state index contributed by atoms with van der Waals surface area (Å²) >= 11 is 1.43. The molecule has 0 fully saturated rings. The highest BCUT2D eigenvalue weighted by atomic mass is 32.2. The molecule has 2 amide bonds. The van der Waals surface area contributed by atoms with Gasteiger partial charge in [-0.3, -0.25) is 14.5 Å². The maximum Gasteiger partial charge on any atom is 0.240 e. The number of hydrogen-bond acceptors (Lipinski definition) is 6. The van der Waals surface area contributed by atoms with Crippen LogP contribution in [0.25, 0.3) is 16.9 Å². The molecule has 0 unspecified atom stereocenters. The normalized spacial score (nSPS) is 14.8. The number of amides is 2. The average Bonchev–Trinajstić information content (AvgIpc) is 3.33. The molecular formula is C31H31FN4O4S. The van der Waals surface area contributed by atoms with Crippen molar-refractivity contribution in [3.05, 3.63) is 89.7 Å². The summed E-state index contributed by atoms with van der Waals surface area (Å²) in [7, 11) is 3.20. The third-order valence-electron chi connectivity index (χ3n) is 6.80. The second kappa shape index (κ2) is 12.5. The topological polar surface area (TPSA) is 85.7 Å². The fourth-order valence-corrected chi connectivity index (χ4v) is 6.06. The number of methoxy groups -OCH3 is 2. The van der Waals surface area contributed by atoms with Crippen molar-refractivity contribution in [1.29, 1.82) is 0 Å². The summed E-state index contributed by atoms with van der Waals surface area (Å²) in [5, 5.41) is 7.48. The van der Waals surface area contributed by atoms with Gasteiger partial charge in [-0.15, -0.1) is 11.8 Å². The third-order valence-corrected chi connectivity index (χ3v) is 8.04. The zero-order chi connectivity index (χ0) is 28.9. The van der Waals surface area contributed by atoms with E-state index in [-0.39, 0.29) is 24.1 Å². The molecule has 1 aliphatic rings. The van der Waals surface area contributed by atoms with Crippen molar-refractivity contribution in [2.45, 2.75) is 18.6 Å². The van der Waals surface area contributed by atoms with Crippen LogP contribution in [0.1, 0.15) is 29.7 Å². The van der Waals surface area contributed by atoms with Crippen molar-refractivity contribution >= 4 is 29.4 Å². The molecule has 1 aromatic heterocycles. The van der Waals surface area contributed by atoms with E-state index in [0.29, 0.717) is 35.2 Å². The number of fused-ring (bicyclic) bond motifs is 1. The van der Waals surface area contributed by atoms with Crippen molar-refractivity contribution in [2.75, 3.05) is 38.0 Å². The first-order valence-corrected chi connectivity index (χ1v) is 14.3. The van der Waals surface area contributed by atoms with Crippen LogP contribution in [-0.2, 0) is 9.59 Å². The van der Waals surface area contributed by atoms with Crippen LogP contribution in [0.4, 0.5) is 10.2 Å². The summed E-state index contributed by atoms with van der Waals surface area (Å²) in [6.45, 7) is 2.28. The van der Waals surface area contributed by atoms with Gasteiger partial charge in [0.1, 0.15) is 29.7 Å². The molecule has 0 bridgehead atoms. The van der Waals surface area contributed by atoms with Gasteiger partial charge in [0.15, 0.2) is 0 Å². The van der Waals surface area contributed by atoms with E-state index in [1.54, 1.807) is 31.0 Å². The Morgan fingerprint density at radius 3 is 2.51 bits per heavy atom. The summed E-state index contributed by atoms with van der Waals surface area (Å²) < 4.78 is 26.9. The number of rotatable bonds is 9. The molecule has 1 aliphatic heterocycles. The van der Waals surface area contributed by atoms with Crippen LogP contribution in [0.2, 0.25) is 0 Å². The minimum absolute atomic E-state index is 0.110. The highest BCUT2D eigenvalue weighted by Gasteiger charge is 2.38. The summed E-state index contributed by atoms with van der Waals surface area (Å²) in [5.41, 5.74) is 3.58. The smallest absolute Gasteiger partial charge is 0.240 e. The molecule has 2 heterocycles. The molecule has 0 aliphatic carbocycles. The monoisotopic (exact) mass is 574 g/mol. The molecule has 4 aromatic rings. The number of anilines is 1. The number of carbonyl (C=O) groups is 2. The first-order chi connectivity index (χ1) is 19.9. The molecule has 0 radical (unpaired) electrons. The van der Waals surface area contributed by atoms with Gasteiger partial charge < -0.3 is 14.8 Å². The molecule has 8 nitrogen and oxygen atoms in total. The second-order valence-corrected chi connectivity index (χ2v) is 10.6. The van der Waals surface area contributed by atoms with E-state index in [0.717, 1.165) is 23.1 Å². The maximum absolute atomic E-state index is 14.0. The van der Waals surface area contributed by atoms with Gasteiger partial charge in [0.25, 0.3) is 0 Å². The van der Waals surface area contributed by atoms with Crippen molar-refractivity contribution in [1.82, 2.24) is 15.1 Å². The van der Waals surface area contributed by atoms with Crippen LogP contribution in [-0.4, -0.2) is 54.7 Å². The number of halogens is 1. The minimum Gasteiger partial charge on any atom is -0.497 e. The number of ether oxygens (including phenoxy) is 2. The fourth-order valence-electron chi connectivity index (χ4n) is 4.84. The Bertz CT molecular complexity index is 1540. The molecule has 212 valence electrons. The Labute approximate surface area is 242 Å². The highest BCUT2D eigenvalue weighted by Crippen LogP contribution is 2.51. The summed E-state index contributed by atoms with van der Waals surface area (Å²) in [5.74, 6) is 0.921. The Morgan fingerprint density at radius 2 is 1.83 bits per heavy atom. The molecule has 0 saturated carbocycles. The van der Waals surface area contributed by atoms with Crippen molar-refractivity contribution in [3.8, 4) is 28.4 Å². The minimum atomic E-state index is -0.410. The lowest BCUT2D eigenvalue weighted by molar-refractivity contribution is -0.122. The summed E-state index contributed by atoms with van der Waals surface area (Å²) in [6.07, 6.45) is 0.768. The van der Waals surface area contributed by atoms with Gasteiger partial charge in [0.05, 0.1) is 36.6 Å². The van der Waals surface area contributed by atoms with Gasteiger partial charge in [-0.25, -0.2) is 9.07 Å². The zero-order valence-corrected chi connectivity index (χ0v) is 23.9. The van der Waals surface area contributed by atoms with Crippen molar-refractivity contribution in [2.24, 2.45) is 0 Å². The second-order valence-electron chi connectivity index (χ2n) is 9.47. The van der Waals surface area contributed by atoms with Crippen molar-refractivity contribution < 1.29 is 23.5 Å². The number of carbonyl (C=O) groups excluding carboxylic acids is 2. The summed E-state index contributed by atoms with van der Waals surface area (Å²) in [4.78, 5) is 28.3. The lowest BCUT2D eigenvalue weighted by Gasteiger charge is -2.23. The maximum atomic E-state index is 14.0. The quantitative estimate of drug-likeness (QED) is 0.289. The van der Waals surface area contributed by atoms with Crippen LogP contribution >= 0.6 is 11.8 Å². The Kier molecular flexibility index (Phi) is 8.58. The first-order valence-electron chi connectivity index (χ1n) is 13.3. The van der Waals surface area contributed by atoms with Crippen molar-refractivity contribution in [3.63, 3.8) is 0 Å². The predicted octanol–water partition coefficient (Wildman–Crippen LogP) is 5.39. The number of hydrogen-bond donors (Lipinski definition) is 1. The fraction of sp³-hybridized carbons (Fsp3) is 0.258. The molecule has 0 saturated heterocycles. The largest absolute Gasteiger partial charge is 0.497 e. The zero-order valence-electron chi connectivity index (χ0n) is 23.1. The van der Waals surface area contributed by atoms with E-state index in [9.17, 15) is 14.0 Å². The van der Waals surface area contributed by atoms with E-state index in [2.05, 4.69) is 5.32 Å². The Balaban J connectivity index is 1.82. The number of nitrogens with one attached hydrogen (secondary N) is 1. The van der Waals surface area contributed by atoms with Gasteiger partial charge in [0.2, 0.25) is 11.8 Å². The predicted molar refractivity (Wildman–Crippen MR) is 158 cm³/mol. The van der Waals surface area contributed by atoms with E-state index in [4.69, 9.17) is 14.6 Å². The van der Waals surface area contributed by atoms with Gasteiger partial charge in [-0.1, -0.05) is 37.3 Å². The Hall–Kier alpha value is -4.31. The first kappa shape index (κ1) is 28.2. The molecule has 1 atom stereocenters. The number of thioether (sulfide) groups is 1. The van der Waals surface area contributed by atoms with Crippen LogP contribution < -0.4 is 19.7 Å². The van der Waals surface area contributed by atoms with Gasteiger partial charge in [-0.05, 0) is 48.9 Å². The number of nitrogens with zero attached hydrogens (tertiary/aromatic N) is 3. The lowest BCUT2D eigenvalue weighted by Crippen LogP contribution is -2.42.